The van der Waals surface area contributed by atoms with E-state index >= 15 is 0 Å². The Hall–Kier alpha value is -1.34. The molecule has 0 aromatic carbocycles. The molecular weight excluding hydrogens is 428 g/mol. The van der Waals surface area contributed by atoms with E-state index in [-0.39, 0.29) is 5.69 Å². The molecule has 0 aliphatic rings. The van der Waals surface area contributed by atoms with E-state index in [9.17, 15) is 28.7 Å². The Balaban J connectivity index is 2.58. The first-order valence-corrected chi connectivity index (χ1v) is 13.1. The summed E-state index contributed by atoms with van der Waals surface area (Å²) < 4.78 is 24.2. The van der Waals surface area contributed by atoms with Gasteiger partial charge in [0.15, 0.2) is 5.40 Å². The summed E-state index contributed by atoms with van der Waals surface area (Å²) in [6, 6.07) is 0. The van der Waals surface area contributed by atoms with Crippen LogP contribution in [0.25, 0.3) is 0 Å². The largest absolute Gasteiger partial charge is 0.341 e. The summed E-state index contributed by atoms with van der Waals surface area (Å²) in [6.07, 6.45) is 11.3. The monoisotopic (exact) mass is 461 g/mol. The fourth-order valence-electron chi connectivity index (χ4n) is 2.73. The van der Waals surface area contributed by atoms with E-state index in [2.05, 4.69) is 43.2 Å². The maximum Gasteiger partial charge on any atom is 0.341 e. The Kier molecular flexibility index (Phi) is 10.6. The average Bonchev–Trinajstić information content (AvgIpc) is 3.03. The van der Waals surface area contributed by atoms with Gasteiger partial charge in [-0.1, -0.05) is 40.2 Å². The fourth-order valence-corrected chi connectivity index (χ4v) is 5.15. The first-order valence-electron chi connectivity index (χ1n) is 9.73. The number of rotatable bonds is 12. The molecule has 0 aliphatic carbocycles. The summed E-state index contributed by atoms with van der Waals surface area (Å²) in [6.45, 7) is 8.76. The van der Waals surface area contributed by atoms with Crippen LogP contribution < -0.4 is 0 Å². The van der Waals surface area contributed by atoms with E-state index < -0.39 is 27.0 Å². The van der Waals surface area contributed by atoms with Gasteiger partial charge in [-0.15, -0.1) is 5.10 Å². The molecule has 1 aromatic rings. The third-order valence-corrected chi connectivity index (χ3v) is 8.23. The highest BCUT2D eigenvalue weighted by molar-refractivity contribution is 7.70. The van der Waals surface area contributed by atoms with Crippen LogP contribution in [-0.2, 0) is 22.1 Å². The molecule has 0 saturated heterocycles. The first-order chi connectivity index (χ1) is 13.8. The molecule has 0 aliphatic heterocycles. The average molecular weight is 461 g/mol. The maximum atomic E-state index is 11.4. The standard InChI is InChI=1S/C19H33N3O6P2/c1-15(2)7-5-8-16(3)9-6-10-17(4)11-12-22-14-18(20-21-22)13-19(29(23,24)25)30(26,27)28/h7,9,11,14,19H,5-6,8,10,12-13H2,1-4H3,(H2,23,24,25)(H2,26,27,28)/b16-9+,17-11+. The van der Waals surface area contributed by atoms with E-state index in [1.165, 1.54) is 27.6 Å². The molecule has 0 saturated carbocycles. The topological polar surface area (TPSA) is 146 Å². The van der Waals surface area contributed by atoms with Crippen LogP contribution in [0.15, 0.2) is 41.1 Å². The highest BCUT2D eigenvalue weighted by atomic mass is 31.2. The molecule has 11 heteroatoms. The van der Waals surface area contributed by atoms with Crippen molar-refractivity contribution in [1.29, 1.82) is 0 Å². The van der Waals surface area contributed by atoms with Crippen molar-refractivity contribution < 1.29 is 28.7 Å². The smallest absolute Gasteiger partial charge is 0.324 e. The second-order valence-corrected chi connectivity index (χ2v) is 11.8. The van der Waals surface area contributed by atoms with Crippen LogP contribution >= 0.6 is 15.2 Å². The number of aromatic nitrogens is 3. The minimum Gasteiger partial charge on any atom is -0.324 e. The van der Waals surface area contributed by atoms with E-state index in [0.717, 1.165) is 25.7 Å². The van der Waals surface area contributed by atoms with Crippen LogP contribution in [0.1, 0.15) is 59.1 Å². The van der Waals surface area contributed by atoms with Crippen LogP contribution in [0.4, 0.5) is 0 Å². The van der Waals surface area contributed by atoms with Gasteiger partial charge in [0.1, 0.15) is 0 Å². The SMILES string of the molecule is CC(C)=CCC/C(C)=C/CC/C(C)=C/Cn1cc(CC(P(=O)(O)O)P(=O)(O)O)nn1. The molecule has 0 unspecified atom stereocenters. The minimum absolute atomic E-state index is 0.118. The van der Waals surface area contributed by atoms with Crippen molar-refractivity contribution in [3.63, 3.8) is 0 Å². The molecule has 1 rings (SSSR count). The van der Waals surface area contributed by atoms with Crippen molar-refractivity contribution in [1.82, 2.24) is 15.0 Å². The Bertz CT molecular complexity index is 853. The molecule has 30 heavy (non-hydrogen) atoms. The molecule has 9 nitrogen and oxygen atoms in total. The van der Waals surface area contributed by atoms with Crippen molar-refractivity contribution in [2.75, 3.05) is 0 Å². The lowest BCUT2D eigenvalue weighted by molar-refractivity contribution is 0.337. The summed E-state index contributed by atoms with van der Waals surface area (Å²) in [5, 5.41) is 5.52. The van der Waals surface area contributed by atoms with Crippen molar-refractivity contribution >= 4 is 15.2 Å². The summed E-state index contributed by atoms with van der Waals surface area (Å²) in [5.41, 5.74) is 3.99. The van der Waals surface area contributed by atoms with Gasteiger partial charge < -0.3 is 19.6 Å². The molecule has 0 fully saturated rings. The molecule has 0 atom stereocenters. The van der Waals surface area contributed by atoms with Crippen LogP contribution in [0.2, 0.25) is 0 Å². The predicted molar refractivity (Wildman–Crippen MR) is 117 cm³/mol. The molecule has 0 amide bonds. The van der Waals surface area contributed by atoms with Crippen LogP contribution in [0, 0.1) is 0 Å². The van der Waals surface area contributed by atoms with Crippen LogP contribution in [0.5, 0.6) is 0 Å². The Morgan fingerprint density at radius 2 is 1.50 bits per heavy atom. The second kappa shape index (κ2) is 11.9. The quantitative estimate of drug-likeness (QED) is 0.271. The summed E-state index contributed by atoms with van der Waals surface area (Å²) in [7, 11) is -9.96. The summed E-state index contributed by atoms with van der Waals surface area (Å²) in [5.74, 6) is 0. The third-order valence-electron chi connectivity index (χ3n) is 4.50. The molecule has 0 bridgehead atoms. The molecule has 0 spiro atoms. The summed E-state index contributed by atoms with van der Waals surface area (Å²) >= 11 is 0. The number of nitrogens with zero attached hydrogens (tertiary/aromatic N) is 3. The molecule has 0 radical (unpaired) electrons. The Morgan fingerprint density at radius 1 is 0.967 bits per heavy atom. The van der Waals surface area contributed by atoms with Gasteiger partial charge in [0.2, 0.25) is 0 Å². The van der Waals surface area contributed by atoms with Gasteiger partial charge in [-0.25, -0.2) is 4.68 Å². The second-order valence-electron chi connectivity index (χ2n) is 7.75. The molecule has 1 aromatic heterocycles. The predicted octanol–water partition coefficient (Wildman–Crippen LogP) is 3.92. The number of allylic oxidation sites excluding steroid dienone is 6. The van der Waals surface area contributed by atoms with Gasteiger partial charge in [-0.3, -0.25) is 9.13 Å². The molecular formula is C19H33N3O6P2. The van der Waals surface area contributed by atoms with E-state index in [4.69, 9.17) is 0 Å². The lowest BCUT2D eigenvalue weighted by atomic mass is 10.1. The number of hydrogen-bond donors (Lipinski definition) is 4. The zero-order valence-corrected chi connectivity index (χ0v) is 19.8. The van der Waals surface area contributed by atoms with Crippen molar-refractivity contribution in [3.8, 4) is 0 Å². The van der Waals surface area contributed by atoms with E-state index in [0.29, 0.717) is 6.54 Å². The zero-order chi connectivity index (χ0) is 22.9. The normalized spacial score (nSPS) is 13.8. The van der Waals surface area contributed by atoms with Crippen LogP contribution in [-0.4, -0.2) is 40.0 Å². The lowest BCUT2D eigenvalue weighted by Crippen LogP contribution is -2.13. The van der Waals surface area contributed by atoms with Crippen molar-refractivity contribution in [2.24, 2.45) is 0 Å². The number of hydrogen-bond acceptors (Lipinski definition) is 4. The van der Waals surface area contributed by atoms with Gasteiger partial charge in [0, 0.05) is 12.6 Å². The van der Waals surface area contributed by atoms with Crippen molar-refractivity contribution in [3.05, 3.63) is 46.8 Å². The molecule has 1 heterocycles. The highest BCUT2D eigenvalue weighted by Crippen LogP contribution is 2.60. The lowest BCUT2D eigenvalue weighted by Gasteiger charge is -2.18. The fraction of sp³-hybridized carbons (Fsp3) is 0.579. The minimum atomic E-state index is -4.98. The van der Waals surface area contributed by atoms with Crippen molar-refractivity contribution in [2.45, 2.75) is 71.7 Å². The van der Waals surface area contributed by atoms with Gasteiger partial charge >= 0.3 is 15.2 Å². The zero-order valence-electron chi connectivity index (χ0n) is 18.0. The van der Waals surface area contributed by atoms with Gasteiger partial charge in [0.05, 0.1) is 12.2 Å². The van der Waals surface area contributed by atoms with E-state index in [1.54, 1.807) is 0 Å². The van der Waals surface area contributed by atoms with E-state index in [1.807, 2.05) is 13.0 Å². The third kappa shape index (κ3) is 10.6. The van der Waals surface area contributed by atoms with Crippen LogP contribution in [0.3, 0.4) is 0 Å². The summed E-state index contributed by atoms with van der Waals surface area (Å²) in [4.78, 5) is 36.8. The maximum absolute atomic E-state index is 11.4. The molecule has 4 N–H and O–H groups in total. The Morgan fingerprint density at radius 3 is 2.03 bits per heavy atom. The Labute approximate surface area is 177 Å². The van der Waals surface area contributed by atoms with Gasteiger partial charge in [-0.2, -0.15) is 0 Å². The van der Waals surface area contributed by atoms with Gasteiger partial charge in [0.25, 0.3) is 0 Å². The first kappa shape index (κ1) is 26.7. The van der Waals surface area contributed by atoms with Gasteiger partial charge in [-0.05, 0) is 53.4 Å². The highest BCUT2D eigenvalue weighted by Gasteiger charge is 2.43. The molecule has 170 valence electrons.